The Labute approximate surface area is 305 Å². The number of rotatable bonds is 6. The van der Waals surface area contributed by atoms with Crippen LogP contribution >= 0.6 is 11.3 Å². The van der Waals surface area contributed by atoms with Crippen molar-refractivity contribution in [1.29, 1.82) is 0 Å². The average Bonchev–Trinajstić information content (AvgIpc) is 3.82. The fourth-order valence-electron chi connectivity index (χ4n) is 2.99. The second kappa shape index (κ2) is 23.1. The van der Waals surface area contributed by atoms with Crippen molar-refractivity contribution in [2.75, 3.05) is 5.32 Å². The summed E-state index contributed by atoms with van der Waals surface area (Å²) in [7, 11) is 0. The van der Waals surface area contributed by atoms with Crippen LogP contribution in [0.2, 0.25) is 0 Å². The number of thiophene rings is 1. The van der Waals surface area contributed by atoms with Gasteiger partial charge in [0.25, 0.3) is 0 Å². The van der Waals surface area contributed by atoms with Crippen molar-refractivity contribution in [1.82, 2.24) is 25.1 Å². The van der Waals surface area contributed by atoms with Gasteiger partial charge < -0.3 is 18.1 Å². The van der Waals surface area contributed by atoms with E-state index in [1.54, 1.807) is 41.7 Å². The molecule has 0 radical (unpaired) electrons. The summed E-state index contributed by atoms with van der Waals surface area (Å²) in [4.78, 5) is 34.5. The summed E-state index contributed by atoms with van der Waals surface area (Å²) in [6.07, 6.45) is 16.1. The first-order valence-electron chi connectivity index (χ1n) is 13.1. The Kier molecular flexibility index (Phi) is 17.5. The molecule has 0 spiro atoms. The van der Waals surface area contributed by atoms with Gasteiger partial charge in [0.2, 0.25) is 5.91 Å². The Bertz CT molecular complexity index is 2390. The number of nitrogens with zero attached hydrogens (tertiary/aromatic N) is 7. The van der Waals surface area contributed by atoms with Crippen LogP contribution < -0.4 is 16.7 Å². The highest BCUT2D eigenvalue weighted by molar-refractivity contribution is 7.51. The lowest BCUT2D eigenvalue weighted by Crippen LogP contribution is -2.13. The van der Waals surface area contributed by atoms with Gasteiger partial charge in [-0.25, -0.2) is 9.97 Å². The normalized spacial score (nSPS) is 7.96. The zero-order valence-corrected chi connectivity index (χ0v) is 27.1. The first-order chi connectivity index (χ1) is 24.4. The van der Waals surface area contributed by atoms with Crippen LogP contribution in [0, 0.1) is 112 Å². The molecule has 0 unspecified atom stereocenters. The van der Waals surface area contributed by atoms with Gasteiger partial charge in [-0.2, -0.15) is 11.3 Å². The number of hydrogen-bond donors (Lipinski definition) is 3. The molecule has 246 valence electrons. The molecule has 1 aromatic carbocycles. The van der Waals surface area contributed by atoms with Crippen molar-refractivity contribution in [3.63, 3.8) is 0 Å². The molecule has 0 aliphatic carbocycles. The summed E-state index contributed by atoms with van der Waals surface area (Å²) in [5.41, 5.74) is 5.86. The third-order valence-electron chi connectivity index (χ3n) is 4.83. The van der Waals surface area contributed by atoms with E-state index in [0.29, 0.717) is 11.5 Å². The molecule has 0 fully saturated rings. The van der Waals surface area contributed by atoms with Gasteiger partial charge in [0.15, 0.2) is 11.0 Å². The molecule has 4 N–H and O–H groups in total. The maximum absolute atomic E-state index is 11.5. The Morgan fingerprint density at radius 3 is 2.06 bits per heavy atom. The number of terminal acetylenes is 2. The van der Waals surface area contributed by atoms with Crippen LogP contribution in [0.25, 0.3) is 28.1 Å². The number of carbonyl (C=O) groups excluding carboxylic acids is 1. The summed E-state index contributed by atoms with van der Waals surface area (Å²) in [6, 6.07) is 7.51. The number of nitroso groups, excluding NO2 is 1. The first-order valence-corrected chi connectivity index (χ1v) is 14.4. The number of fused-ring (bicyclic) bond motifs is 1. The highest BCUT2D eigenvalue weighted by Gasteiger charge is 2.10. The summed E-state index contributed by atoms with van der Waals surface area (Å²) in [5.74, 6) is 43.1. The third kappa shape index (κ3) is 14.7. The van der Waals surface area contributed by atoms with Gasteiger partial charge in [-0.3, -0.25) is 20.2 Å². The molecule has 3 aromatic heterocycles. The highest BCUT2D eigenvalue weighted by Crippen LogP contribution is 2.23. The van der Waals surface area contributed by atoms with Gasteiger partial charge in [-0.05, 0) is 136 Å². The number of aromatic nitrogens is 4. The lowest BCUT2D eigenvalue weighted by Gasteiger charge is -2.06. The van der Waals surface area contributed by atoms with Crippen LogP contribution in [0.15, 0.2) is 76.8 Å². The Morgan fingerprint density at radius 1 is 0.980 bits per heavy atom. The van der Waals surface area contributed by atoms with E-state index < -0.39 is 0 Å². The van der Waals surface area contributed by atoms with Crippen LogP contribution in [-0.2, 0) is 17.6 Å². The molecule has 50 heavy (non-hydrogen) atoms. The van der Waals surface area contributed by atoms with E-state index in [0.717, 1.165) is 22.3 Å². The quantitative estimate of drug-likeness (QED) is 0.0517. The molecule has 4 rings (SSSR count). The number of nitrogens with one attached hydrogen (secondary N) is 2. The number of hydrogen-bond acceptors (Lipinski definition) is 9. The summed E-state index contributed by atoms with van der Waals surface area (Å²) in [5, 5.41) is 12.3. The van der Waals surface area contributed by atoms with E-state index in [-0.39, 0.29) is 17.3 Å². The monoisotopic (exact) mass is 696 g/mol. The minimum Gasteiger partial charge on any atom is -0.478 e. The second-order valence-electron chi connectivity index (χ2n) is 7.90. The molecule has 1 amide bonds. The molecule has 14 heteroatoms. The molecule has 3 heterocycles. The fourth-order valence-corrected chi connectivity index (χ4v) is 3.68. The third-order valence-corrected chi connectivity index (χ3v) is 5.59. The van der Waals surface area contributed by atoms with Gasteiger partial charge in [-0.1, -0.05) is 15.8 Å². The Morgan fingerprint density at radius 2 is 1.58 bits per heavy atom. The molecule has 0 aliphatic heterocycles. The van der Waals surface area contributed by atoms with Crippen molar-refractivity contribution in [3.05, 3.63) is 71.3 Å². The van der Waals surface area contributed by atoms with Gasteiger partial charge in [-0.15, -0.1) is 12.8 Å². The number of nitrogens with two attached hydrogens (primary N) is 1. The lowest BCUT2D eigenvalue weighted by atomic mass is 10.2. The van der Waals surface area contributed by atoms with Crippen LogP contribution in [-0.4, -0.2) is 29.7 Å². The molecule has 4 aromatic rings. The van der Waals surface area contributed by atoms with Crippen LogP contribution in [0.5, 0.6) is 0 Å². The summed E-state index contributed by atoms with van der Waals surface area (Å²) in [6.45, 7) is 3.46. The Hall–Kier alpha value is -8.26. The number of carbonyl (C=O) groups is 1. The molecule has 0 aliphatic rings. The first kappa shape index (κ1) is 37.9. The van der Waals surface area contributed by atoms with E-state index >= 15 is 0 Å². The van der Waals surface area contributed by atoms with E-state index in [9.17, 15) is 9.70 Å². The van der Waals surface area contributed by atoms with E-state index in [2.05, 4.69) is 151 Å². The molecule has 12 nitrogen and oxygen atoms in total. The maximum Gasteiger partial charge on any atom is 0.247 e. The highest BCUT2D eigenvalue weighted by atomic mass is 32.1. The number of hydrazine groups is 1. The van der Waals surface area contributed by atoms with Crippen molar-refractivity contribution < 1.29 is 16.2 Å². The molecular weight excluding hydrogens is 669 g/mol. The topological polar surface area (TPSA) is 156 Å². The van der Waals surface area contributed by atoms with Crippen molar-refractivity contribution in [2.45, 2.75) is 0 Å². The minimum absolute atomic E-state index is 0. The van der Waals surface area contributed by atoms with Crippen molar-refractivity contribution >= 4 is 46.8 Å². The second-order valence-corrected chi connectivity index (χ2v) is 9.01. The maximum atomic E-state index is 11.5. The smallest absolute Gasteiger partial charge is 0.247 e. The minimum atomic E-state index is -0.260. The van der Waals surface area contributed by atoms with Gasteiger partial charge in [0.1, 0.15) is 6.33 Å². The summed E-state index contributed by atoms with van der Waals surface area (Å²) < 4.78 is 1.80. The SMILES string of the molecule is C#CC#CC#CC#CC#CC#CC#CC#CC#C.C=CC(=O)Nc1ccc2ncn(-c3cncc(-c4ccsc4)n3)c2c1.NN=NN[N+](=O)[S-].[HH].[HH].[HH].[HH].[HH]. The average molecular weight is 697 g/mol. The summed E-state index contributed by atoms with van der Waals surface area (Å²) >= 11 is 5.52. The number of anilines is 1. The predicted octanol–water partition coefficient (Wildman–Crippen LogP) is 4.15. The zero-order valence-electron chi connectivity index (χ0n) is 25.5. The number of imidazole rings is 1. The van der Waals surface area contributed by atoms with Gasteiger partial charge in [0.05, 0.1) is 34.3 Å². The van der Waals surface area contributed by atoms with E-state index in [4.69, 9.17) is 12.8 Å². The van der Waals surface area contributed by atoms with Gasteiger partial charge >= 0.3 is 0 Å². The van der Waals surface area contributed by atoms with Crippen molar-refractivity contribution in [2.24, 2.45) is 16.3 Å². The molecular formula is C36H28N10O2S2. The lowest BCUT2D eigenvalue weighted by molar-refractivity contribution is -0.444. The standard InChI is InChI=1S/C18H13N5OS.C18H2.H3N5OS.5H2/c1-2-18(24)21-13-3-4-14-16(7-13)23(11-20-14)17-9-19-8-15(22-17)12-5-6-25-10-12;1-3-5-7-9-11-13-15-17-18-16-14-12-10-8-6-4-2;1-2-3-4-5(6)7;;;;;/h2-11H,1H2,(H,21,24);1-2H;(H2,1,3)(H,2,4,6,7);5*1H. The molecule has 0 saturated heterocycles. The Balaban J connectivity index is -0.000000387. The number of benzene rings is 1. The molecule has 0 saturated carbocycles. The molecule has 0 atom stereocenters. The molecule has 0 bridgehead atoms. The van der Waals surface area contributed by atoms with Crippen LogP contribution in [0.3, 0.4) is 0 Å². The van der Waals surface area contributed by atoms with E-state index in [1.165, 1.54) is 6.08 Å². The van der Waals surface area contributed by atoms with Crippen molar-refractivity contribution in [3.8, 4) is 125 Å². The number of amides is 1. The van der Waals surface area contributed by atoms with Gasteiger partial charge in [0, 0.05) is 23.8 Å². The van der Waals surface area contributed by atoms with Crippen LogP contribution in [0.4, 0.5) is 5.69 Å². The zero-order chi connectivity index (χ0) is 36.2. The largest absolute Gasteiger partial charge is 0.478 e. The predicted molar refractivity (Wildman–Crippen MR) is 205 cm³/mol. The van der Waals surface area contributed by atoms with E-state index in [1.807, 2.05) is 33.5 Å². The van der Waals surface area contributed by atoms with Crippen LogP contribution in [0.1, 0.15) is 7.13 Å². The fraction of sp³-hybridized carbons (Fsp3) is 0.